The van der Waals surface area contributed by atoms with E-state index >= 15 is 0 Å². The van der Waals surface area contributed by atoms with E-state index in [1.165, 1.54) is 25.7 Å². The molecule has 1 saturated carbocycles. The fourth-order valence-corrected chi connectivity index (χ4v) is 2.41. The summed E-state index contributed by atoms with van der Waals surface area (Å²) < 4.78 is 0. The summed E-state index contributed by atoms with van der Waals surface area (Å²) >= 11 is 0. The number of aromatic nitrogens is 2. The van der Waals surface area contributed by atoms with Crippen molar-refractivity contribution in [3.05, 3.63) is 23.8 Å². The zero-order valence-corrected chi connectivity index (χ0v) is 9.53. The molecule has 0 radical (unpaired) electrons. The summed E-state index contributed by atoms with van der Waals surface area (Å²) in [7, 11) is 0. The van der Waals surface area contributed by atoms with Gasteiger partial charge in [-0.25, -0.2) is 4.98 Å². The molecule has 0 bridgehead atoms. The SMILES string of the molecule is N#Cc1ccc2nc(NC3CCCC3)[nH]c2c1. The summed E-state index contributed by atoms with van der Waals surface area (Å²) in [5, 5.41) is 12.3. The molecular formula is C13H14N4. The van der Waals surface area contributed by atoms with Crippen molar-refractivity contribution in [3.63, 3.8) is 0 Å². The lowest BCUT2D eigenvalue weighted by Crippen LogP contribution is -2.15. The van der Waals surface area contributed by atoms with Crippen molar-refractivity contribution in [2.75, 3.05) is 5.32 Å². The van der Waals surface area contributed by atoms with Gasteiger partial charge in [0.05, 0.1) is 22.7 Å². The molecule has 4 heteroatoms. The number of hydrogen-bond donors (Lipinski definition) is 2. The summed E-state index contributed by atoms with van der Waals surface area (Å²) in [5.41, 5.74) is 2.49. The molecule has 0 saturated heterocycles. The number of hydrogen-bond acceptors (Lipinski definition) is 3. The second-order valence-electron chi connectivity index (χ2n) is 4.55. The van der Waals surface area contributed by atoms with Gasteiger partial charge >= 0.3 is 0 Å². The van der Waals surface area contributed by atoms with Crippen molar-refractivity contribution in [2.24, 2.45) is 0 Å². The highest BCUT2D eigenvalue weighted by atomic mass is 15.1. The summed E-state index contributed by atoms with van der Waals surface area (Å²) in [4.78, 5) is 7.70. The van der Waals surface area contributed by atoms with Gasteiger partial charge in [-0.1, -0.05) is 12.8 Å². The summed E-state index contributed by atoms with van der Waals surface area (Å²) in [6.07, 6.45) is 5.05. The number of nitriles is 1. The molecular weight excluding hydrogens is 212 g/mol. The Labute approximate surface area is 99.7 Å². The van der Waals surface area contributed by atoms with Gasteiger partial charge in [0.1, 0.15) is 0 Å². The number of rotatable bonds is 2. The second kappa shape index (κ2) is 4.10. The van der Waals surface area contributed by atoms with Crippen molar-refractivity contribution in [1.29, 1.82) is 5.26 Å². The van der Waals surface area contributed by atoms with Gasteiger partial charge in [-0.2, -0.15) is 5.26 Å². The highest BCUT2D eigenvalue weighted by molar-refractivity contribution is 5.79. The van der Waals surface area contributed by atoms with Crippen LogP contribution in [-0.2, 0) is 0 Å². The van der Waals surface area contributed by atoms with E-state index in [1.807, 2.05) is 12.1 Å². The normalized spacial score (nSPS) is 16.2. The van der Waals surface area contributed by atoms with Gasteiger partial charge in [-0.15, -0.1) is 0 Å². The van der Waals surface area contributed by atoms with Crippen LogP contribution < -0.4 is 5.32 Å². The van der Waals surface area contributed by atoms with Crippen molar-refractivity contribution >= 4 is 17.0 Å². The molecule has 1 aromatic carbocycles. The maximum Gasteiger partial charge on any atom is 0.201 e. The van der Waals surface area contributed by atoms with Crippen LogP contribution in [0.1, 0.15) is 31.2 Å². The van der Waals surface area contributed by atoms with Gasteiger partial charge in [-0.3, -0.25) is 0 Å². The minimum absolute atomic E-state index is 0.547. The van der Waals surface area contributed by atoms with E-state index in [4.69, 9.17) is 5.26 Å². The Bertz CT molecular complexity index is 573. The van der Waals surface area contributed by atoms with Crippen LogP contribution >= 0.6 is 0 Å². The third-order valence-corrected chi connectivity index (χ3v) is 3.31. The zero-order chi connectivity index (χ0) is 11.7. The molecule has 1 aromatic heterocycles. The van der Waals surface area contributed by atoms with Gasteiger partial charge in [-0.05, 0) is 31.0 Å². The monoisotopic (exact) mass is 226 g/mol. The van der Waals surface area contributed by atoms with E-state index in [9.17, 15) is 0 Å². The molecule has 1 heterocycles. The largest absolute Gasteiger partial charge is 0.353 e. The fraction of sp³-hybridized carbons (Fsp3) is 0.385. The summed E-state index contributed by atoms with van der Waals surface area (Å²) in [5.74, 6) is 0.821. The van der Waals surface area contributed by atoms with Crippen molar-refractivity contribution in [3.8, 4) is 6.07 Å². The highest BCUT2D eigenvalue weighted by Crippen LogP contribution is 2.22. The Morgan fingerprint density at radius 3 is 2.94 bits per heavy atom. The Balaban J connectivity index is 1.88. The third-order valence-electron chi connectivity index (χ3n) is 3.31. The highest BCUT2D eigenvalue weighted by Gasteiger charge is 2.15. The molecule has 86 valence electrons. The van der Waals surface area contributed by atoms with Gasteiger partial charge < -0.3 is 10.3 Å². The molecule has 3 rings (SSSR count). The average molecular weight is 226 g/mol. The predicted molar refractivity (Wildman–Crippen MR) is 66.7 cm³/mol. The average Bonchev–Trinajstić information content (AvgIpc) is 2.96. The van der Waals surface area contributed by atoms with E-state index in [2.05, 4.69) is 21.4 Å². The van der Waals surface area contributed by atoms with E-state index < -0.39 is 0 Å². The van der Waals surface area contributed by atoms with Gasteiger partial charge in [0, 0.05) is 6.04 Å². The number of imidazole rings is 1. The lowest BCUT2D eigenvalue weighted by Gasteiger charge is -2.09. The molecule has 1 fully saturated rings. The Morgan fingerprint density at radius 1 is 1.35 bits per heavy atom. The minimum atomic E-state index is 0.547. The standard InChI is InChI=1S/C13H14N4/c14-8-9-5-6-11-12(7-9)17-13(16-11)15-10-3-1-2-4-10/h5-7,10H,1-4H2,(H2,15,16,17). The lowest BCUT2D eigenvalue weighted by molar-refractivity contribution is 0.747. The molecule has 17 heavy (non-hydrogen) atoms. The van der Waals surface area contributed by atoms with E-state index in [0.29, 0.717) is 11.6 Å². The molecule has 2 N–H and O–H groups in total. The Hall–Kier alpha value is -2.02. The van der Waals surface area contributed by atoms with Gasteiger partial charge in [0.15, 0.2) is 0 Å². The van der Waals surface area contributed by atoms with Crippen LogP contribution in [0.5, 0.6) is 0 Å². The van der Waals surface area contributed by atoms with Gasteiger partial charge in [0.25, 0.3) is 0 Å². The first-order chi connectivity index (χ1) is 8.35. The minimum Gasteiger partial charge on any atom is -0.353 e. The third kappa shape index (κ3) is 1.96. The van der Waals surface area contributed by atoms with Crippen LogP contribution in [0.15, 0.2) is 18.2 Å². The molecule has 1 aliphatic carbocycles. The van der Waals surface area contributed by atoms with Crippen molar-refractivity contribution in [1.82, 2.24) is 9.97 Å². The van der Waals surface area contributed by atoms with Gasteiger partial charge in [0.2, 0.25) is 5.95 Å². The molecule has 4 nitrogen and oxygen atoms in total. The number of fused-ring (bicyclic) bond motifs is 1. The molecule has 1 aliphatic rings. The smallest absolute Gasteiger partial charge is 0.201 e. The number of anilines is 1. The first kappa shape index (κ1) is 10.2. The van der Waals surface area contributed by atoms with Crippen LogP contribution in [-0.4, -0.2) is 16.0 Å². The Kier molecular flexibility index (Phi) is 2.45. The van der Waals surface area contributed by atoms with Crippen molar-refractivity contribution in [2.45, 2.75) is 31.7 Å². The number of aromatic amines is 1. The maximum atomic E-state index is 8.83. The number of benzene rings is 1. The van der Waals surface area contributed by atoms with Crippen LogP contribution in [0, 0.1) is 11.3 Å². The maximum absolute atomic E-state index is 8.83. The van der Waals surface area contributed by atoms with Crippen molar-refractivity contribution < 1.29 is 0 Å². The lowest BCUT2D eigenvalue weighted by atomic mass is 10.2. The van der Waals surface area contributed by atoms with Crippen LogP contribution in [0.3, 0.4) is 0 Å². The number of nitrogens with one attached hydrogen (secondary N) is 2. The van der Waals surface area contributed by atoms with Crippen LogP contribution in [0.4, 0.5) is 5.95 Å². The van der Waals surface area contributed by atoms with Crippen LogP contribution in [0.2, 0.25) is 0 Å². The molecule has 0 atom stereocenters. The predicted octanol–water partition coefficient (Wildman–Crippen LogP) is 2.79. The molecule has 2 aromatic rings. The second-order valence-corrected chi connectivity index (χ2v) is 4.55. The number of nitrogens with zero attached hydrogens (tertiary/aromatic N) is 2. The zero-order valence-electron chi connectivity index (χ0n) is 9.53. The molecule has 0 spiro atoms. The van der Waals surface area contributed by atoms with E-state index in [1.54, 1.807) is 6.07 Å². The summed E-state index contributed by atoms with van der Waals surface area (Å²) in [6.45, 7) is 0. The molecule has 0 amide bonds. The first-order valence-electron chi connectivity index (χ1n) is 6.01. The summed E-state index contributed by atoms with van der Waals surface area (Å²) in [6, 6.07) is 8.19. The quantitative estimate of drug-likeness (QED) is 0.827. The van der Waals surface area contributed by atoms with Crippen LogP contribution in [0.25, 0.3) is 11.0 Å². The molecule has 0 unspecified atom stereocenters. The Morgan fingerprint density at radius 2 is 2.18 bits per heavy atom. The molecule has 0 aliphatic heterocycles. The topological polar surface area (TPSA) is 64.5 Å². The van der Waals surface area contributed by atoms with E-state index in [0.717, 1.165) is 17.0 Å². The first-order valence-corrected chi connectivity index (χ1v) is 6.01. The van der Waals surface area contributed by atoms with E-state index in [-0.39, 0.29) is 0 Å². The fourth-order valence-electron chi connectivity index (χ4n) is 2.41. The number of H-pyrrole nitrogens is 1.